The number of hydrogen-bond acceptors (Lipinski definition) is 4. The number of ether oxygens (including phenoxy) is 1. The lowest BCUT2D eigenvalue weighted by molar-refractivity contribution is -0.140. The molecule has 2 rings (SSSR count). The van der Waals surface area contributed by atoms with Crippen LogP contribution >= 0.6 is 11.8 Å². The number of nitrogens with zero attached hydrogens (tertiary/aromatic N) is 1. The smallest absolute Gasteiger partial charge is 0.249 e. The lowest BCUT2D eigenvalue weighted by atomic mass is 10.2. The molecule has 0 radical (unpaired) electrons. The van der Waals surface area contributed by atoms with Crippen LogP contribution < -0.4 is 5.32 Å². The average Bonchev–Trinajstić information content (AvgIpc) is 2.96. The van der Waals surface area contributed by atoms with Gasteiger partial charge in [-0.05, 0) is 31.2 Å². The molecule has 1 aromatic carbocycles. The van der Waals surface area contributed by atoms with E-state index in [0.29, 0.717) is 23.9 Å². The van der Waals surface area contributed by atoms with Gasteiger partial charge in [0.1, 0.15) is 18.5 Å². The van der Waals surface area contributed by atoms with Gasteiger partial charge in [-0.3, -0.25) is 9.59 Å². The maximum absolute atomic E-state index is 12.8. The van der Waals surface area contributed by atoms with Gasteiger partial charge in [0.15, 0.2) is 0 Å². The molecule has 1 aliphatic heterocycles. The molecule has 1 aliphatic rings. The van der Waals surface area contributed by atoms with Gasteiger partial charge in [-0.1, -0.05) is 0 Å². The van der Waals surface area contributed by atoms with E-state index >= 15 is 0 Å². The zero-order valence-corrected chi connectivity index (χ0v) is 12.5. The van der Waals surface area contributed by atoms with Gasteiger partial charge < -0.3 is 15.0 Å². The van der Waals surface area contributed by atoms with E-state index < -0.39 is 6.04 Å². The van der Waals surface area contributed by atoms with Gasteiger partial charge in [0.05, 0.1) is 5.88 Å². The van der Waals surface area contributed by atoms with Gasteiger partial charge in [0.25, 0.3) is 0 Å². The molecular formula is C14H17FN2O3S. The van der Waals surface area contributed by atoms with E-state index in [4.69, 9.17) is 4.74 Å². The van der Waals surface area contributed by atoms with Crippen LogP contribution in [0.4, 0.5) is 10.1 Å². The van der Waals surface area contributed by atoms with E-state index in [2.05, 4.69) is 5.32 Å². The summed E-state index contributed by atoms with van der Waals surface area (Å²) in [6.45, 7) is 2.25. The van der Waals surface area contributed by atoms with Crippen molar-refractivity contribution in [1.29, 1.82) is 0 Å². The number of benzene rings is 1. The topological polar surface area (TPSA) is 58.6 Å². The Kier molecular flexibility index (Phi) is 5.58. The molecule has 1 fully saturated rings. The monoisotopic (exact) mass is 312 g/mol. The third kappa shape index (κ3) is 4.18. The van der Waals surface area contributed by atoms with Gasteiger partial charge in [-0.25, -0.2) is 4.39 Å². The second kappa shape index (κ2) is 7.42. The van der Waals surface area contributed by atoms with Gasteiger partial charge in [-0.2, -0.15) is 0 Å². The van der Waals surface area contributed by atoms with E-state index in [0.717, 1.165) is 0 Å². The molecule has 1 heterocycles. The molecule has 0 unspecified atom stereocenters. The summed E-state index contributed by atoms with van der Waals surface area (Å²) in [7, 11) is 0. The van der Waals surface area contributed by atoms with Crippen molar-refractivity contribution in [2.75, 3.05) is 30.2 Å². The molecule has 2 amide bonds. The molecule has 1 atom stereocenters. The highest BCUT2D eigenvalue weighted by Gasteiger charge is 2.34. The normalized spacial score (nSPS) is 17.8. The fourth-order valence-corrected chi connectivity index (χ4v) is 3.12. The summed E-state index contributed by atoms with van der Waals surface area (Å²) in [5, 5.41) is 2.70. The van der Waals surface area contributed by atoms with Crippen molar-refractivity contribution >= 4 is 29.3 Å². The fraction of sp³-hybridized carbons (Fsp3) is 0.429. The van der Waals surface area contributed by atoms with Crippen molar-refractivity contribution in [3.63, 3.8) is 0 Å². The minimum absolute atomic E-state index is 0.0165. The van der Waals surface area contributed by atoms with Crippen LogP contribution in [0.15, 0.2) is 24.3 Å². The van der Waals surface area contributed by atoms with Crippen LogP contribution in [0.25, 0.3) is 0 Å². The number of hydrogen-bond donors (Lipinski definition) is 1. The van der Waals surface area contributed by atoms with Gasteiger partial charge >= 0.3 is 0 Å². The number of rotatable bonds is 5. The maximum atomic E-state index is 12.8. The first-order chi connectivity index (χ1) is 10.1. The van der Waals surface area contributed by atoms with Gasteiger partial charge in [-0.15, -0.1) is 11.8 Å². The number of carbonyl (C=O) groups is 2. The van der Waals surface area contributed by atoms with Crippen molar-refractivity contribution < 1.29 is 18.7 Å². The molecular weight excluding hydrogens is 295 g/mol. The Hall–Kier alpha value is -1.60. The summed E-state index contributed by atoms with van der Waals surface area (Å²) in [6, 6.07) is 5.00. The Bertz CT molecular complexity index is 509. The first kappa shape index (κ1) is 15.8. The fourth-order valence-electron chi connectivity index (χ4n) is 1.94. The van der Waals surface area contributed by atoms with Crippen LogP contribution in [0.1, 0.15) is 6.92 Å². The molecule has 21 heavy (non-hydrogen) atoms. The SMILES string of the molecule is CCOCC(=O)N1CSC[C@@H]1C(=O)Nc1ccc(F)cc1. The Morgan fingerprint density at radius 1 is 1.43 bits per heavy atom. The summed E-state index contributed by atoms with van der Waals surface area (Å²) in [5.74, 6) is 0.202. The van der Waals surface area contributed by atoms with E-state index in [1.54, 1.807) is 0 Å². The van der Waals surface area contributed by atoms with E-state index in [1.807, 2.05) is 6.92 Å². The van der Waals surface area contributed by atoms with Crippen LogP contribution in [0.3, 0.4) is 0 Å². The standard InChI is InChI=1S/C14H17FN2O3S/c1-2-20-7-13(18)17-9-21-8-12(17)14(19)16-11-5-3-10(15)4-6-11/h3-6,12H,2,7-9H2,1H3,(H,16,19)/t12-/m1/s1. The first-order valence-electron chi connectivity index (χ1n) is 6.63. The second-order valence-electron chi connectivity index (χ2n) is 4.51. The van der Waals surface area contributed by atoms with Crippen molar-refractivity contribution in [2.45, 2.75) is 13.0 Å². The van der Waals surface area contributed by atoms with Crippen LogP contribution in [-0.4, -0.2) is 47.6 Å². The minimum atomic E-state index is -0.520. The Labute approximate surface area is 126 Å². The molecule has 0 bridgehead atoms. The number of thioether (sulfide) groups is 1. The zero-order chi connectivity index (χ0) is 15.2. The Morgan fingerprint density at radius 2 is 2.14 bits per heavy atom. The molecule has 0 aromatic heterocycles. The quantitative estimate of drug-likeness (QED) is 0.899. The largest absolute Gasteiger partial charge is 0.372 e. The minimum Gasteiger partial charge on any atom is -0.372 e. The molecule has 7 heteroatoms. The predicted octanol–water partition coefficient (Wildman–Crippen LogP) is 1.70. The van der Waals surface area contributed by atoms with Crippen LogP contribution in [0, 0.1) is 5.82 Å². The van der Waals surface area contributed by atoms with Crippen LogP contribution in [-0.2, 0) is 14.3 Å². The molecule has 5 nitrogen and oxygen atoms in total. The molecule has 1 aromatic rings. The van der Waals surface area contributed by atoms with Crippen molar-refractivity contribution in [2.24, 2.45) is 0 Å². The summed E-state index contributed by atoms with van der Waals surface area (Å²) in [5.41, 5.74) is 0.510. The molecule has 0 spiro atoms. The molecule has 1 N–H and O–H groups in total. The van der Waals surface area contributed by atoms with Crippen molar-refractivity contribution in [3.8, 4) is 0 Å². The van der Waals surface area contributed by atoms with Crippen molar-refractivity contribution in [1.82, 2.24) is 4.90 Å². The van der Waals surface area contributed by atoms with E-state index in [1.165, 1.54) is 40.9 Å². The first-order valence-corrected chi connectivity index (χ1v) is 7.78. The van der Waals surface area contributed by atoms with Crippen LogP contribution in [0.5, 0.6) is 0 Å². The van der Waals surface area contributed by atoms with E-state index in [9.17, 15) is 14.0 Å². The maximum Gasteiger partial charge on any atom is 0.249 e. The average molecular weight is 312 g/mol. The van der Waals surface area contributed by atoms with E-state index in [-0.39, 0.29) is 24.2 Å². The van der Waals surface area contributed by atoms with Crippen molar-refractivity contribution in [3.05, 3.63) is 30.1 Å². The Morgan fingerprint density at radius 3 is 2.81 bits per heavy atom. The number of anilines is 1. The molecule has 0 saturated carbocycles. The molecule has 0 aliphatic carbocycles. The number of halogens is 1. The zero-order valence-electron chi connectivity index (χ0n) is 11.7. The summed E-state index contributed by atoms with van der Waals surface area (Å²) in [6.07, 6.45) is 0. The summed E-state index contributed by atoms with van der Waals surface area (Å²) < 4.78 is 17.9. The van der Waals surface area contributed by atoms with Gasteiger partial charge in [0.2, 0.25) is 11.8 Å². The summed E-state index contributed by atoms with van der Waals surface area (Å²) >= 11 is 1.52. The third-order valence-electron chi connectivity index (χ3n) is 3.05. The van der Waals surface area contributed by atoms with Gasteiger partial charge in [0, 0.05) is 18.0 Å². The number of carbonyl (C=O) groups excluding carboxylic acids is 2. The lowest BCUT2D eigenvalue weighted by Gasteiger charge is -2.22. The third-order valence-corrected chi connectivity index (χ3v) is 4.06. The number of amides is 2. The second-order valence-corrected chi connectivity index (χ2v) is 5.51. The highest BCUT2D eigenvalue weighted by molar-refractivity contribution is 7.99. The highest BCUT2D eigenvalue weighted by atomic mass is 32.2. The molecule has 114 valence electrons. The Balaban J connectivity index is 1.97. The number of nitrogens with one attached hydrogen (secondary N) is 1. The summed E-state index contributed by atoms with van der Waals surface area (Å²) in [4.78, 5) is 25.7. The predicted molar refractivity (Wildman–Crippen MR) is 79.5 cm³/mol. The highest BCUT2D eigenvalue weighted by Crippen LogP contribution is 2.22. The lowest BCUT2D eigenvalue weighted by Crippen LogP contribution is -2.45. The molecule has 1 saturated heterocycles. The van der Waals surface area contributed by atoms with Crippen LogP contribution in [0.2, 0.25) is 0 Å².